The van der Waals surface area contributed by atoms with E-state index in [4.69, 9.17) is 0 Å². The van der Waals surface area contributed by atoms with Crippen LogP contribution < -0.4 is 4.90 Å². The molecule has 27 heavy (non-hydrogen) atoms. The zero-order chi connectivity index (χ0) is 18.8. The lowest BCUT2D eigenvalue weighted by Gasteiger charge is -2.28. The Hall–Kier alpha value is -3.32. The molecule has 1 heteroatoms. The zero-order valence-corrected chi connectivity index (χ0v) is 15.7. The molecule has 0 spiro atoms. The maximum absolute atomic E-state index is 4.38. The van der Waals surface area contributed by atoms with Crippen molar-refractivity contribution in [2.75, 3.05) is 4.90 Å². The van der Waals surface area contributed by atoms with E-state index in [9.17, 15) is 0 Å². The maximum Gasteiger partial charge on any atom is 0.0537 e. The van der Waals surface area contributed by atoms with Gasteiger partial charge < -0.3 is 4.90 Å². The number of fused-ring (bicyclic) bond motifs is 3. The summed E-state index contributed by atoms with van der Waals surface area (Å²) in [6.07, 6.45) is 15.6. The van der Waals surface area contributed by atoms with E-state index in [1.165, 1.54) is 22.3 Å². The van der Waals surface area contributed by atoms with Gasteiger partial charge in [0, 0.05) is 17.5 Å². The largest absolute Gasteiger partial charge is 0.317 e. The van der Waals surface area contributed by atoms with Gasteiger partial charge in [0.15, 0.2) is 0 Å². The summed E-state index contributed by atoms with van der Waals surface area (Å²) in [7, 11) is 0. The molecule has 0 N–H and O–H groups in total. The highest BCUT2D eigenvalue weighted by Gasteiger charge is 2.21. The third kappa shape index (κ3) is 3.24. The van der Waals surface area contributed by atoms with E-state index in [1.54, 1.807) is 0 Å². The number of nitrogens with zero attached hydrogens (tertiary/aromatic N) is 1. The number of benzene rings is 2. The minimum Gasteiger partial charge on any atom is -0.317 e. The van der Waals surface area contributed by atoms with Gasteiger partial charge in [-0.1, -0.05) is 73.4 Å². The van der Waals surface area contributed by atoms with Crippen LogP contribution >= 0.6 is 0 Å². The van der Waals surface area contributed by atoms with E-state index in [0.717, 1.165) is 28.9 Å². The molecule has 0 unspecified atom stereocenters. The molecular formula is C26H23N. The maximum atomic E-state index is 4.38. The van der Waals surface area contributed by atoms with Crippen molar-refractivity contribution in [2.24, 2.45) is 0 Å². The Labute approximate surface area is 161 Å². The third-order valence-electron chi connectivity index (χ3n) is 5.03. The molecular weight excluding hydrogens is 326 g/mol. The van der Waals surface area contributed by atoms with E-state index in [0.29, 0.717) is 0 Å². The molecule has 0 radical (unpaired) electrons. The van der Waals surface area contributed by atoms with Crippen LogP contribution in [0.15, 0.2) is 104 Å². The van der Waals surface area contributed by atoms with Crippen molar-refractivity contribution >= 4 is 22.5 Å². The predicted octanol–water partition coefficient (Wildman–Crippen LogP) is 6.99. The Bertz CT molecular complexity index is 1030. The van der Waals surface area contributed by atoms with Gasteiger partial charge in [0.25, 0.3) is 0 Å². The topological polar surface area (TPSA) is 3.24 Å². The fourth-order valence-electron chi connectivity index (χ4n) is 3.72. The second kappa shape index (κ2) is 7.13. The van der Waals surface area contributed by atoms with Crippen molar-refractivity contribution in [1.29, 1.82) is 0 Å². The summed E-state index contributed by atoms with van der Waals surface area (Å²) >= 11 is 0. The minimum absolute atomic E-state index is 0.890. The van der Waals surface area contributed by atoms with Crippen LogP contribution in [0.4, 0.5) is 11.4 Å². The summed E-state index contributed by atoms with van der Waals surface area (Å²) in [6, 6.07) is 14.8. The molecule has 2 aromatic rings. The fraction of sp³-hybridized carbons (Fsp3) is 0.0769. The first-order valence-corrected chi connectivity index (χ1v) is 9.22. The highest BCUT2D eigenvalue weighted by Crippen LogP contribution is 2.40. The van der Waals surface area contributed by atoms with Crippen LogP contribution in [0, 0.1) is 0 Å². The summed E-state index contributed by atoms with van der Waals surface area (Å²) in [5, 5.41) is 0. The SMILES string of the molecule is C=C1/C=C\C=C(\C)Cc2c1ccc1c2C(=C)/C=C\C=C/N1c1ccccc1. The highest BCUT2D eigenvalue weighted by molar-refractivity contribution is 5.91. The van der Waals surface area contributed by atoms with Crippen LogP contribution in [0.3, 0.4) is 0 Å². The van der Waals surface area contributed by atoms with Crippen molar-refractivity contribution in [1.82, 2.24) is 0 Å². The van der Waals surface area contributed by atoms with Gasteiger partial charge in [-0.3, -0.25) is 0 Å². The molecule has 1 aliphatic carbocycles. The third-order valence-corrected chi connectivity index (χ3v) is 5.03. The summed E-state index contributed by atoms with van der Waals surface area (Å²) in [6.45, 7) is 10.8. The van der Waals surface area contributed by atoms with Crippen LogP contribution in [0.25, 0.3) is 11.1 Å². The van der Waals surface area contributed by atoms with Gasteiger partial charge in [-0.25, -0.2) is 0 Å². The van der Waals surface area contributed by atoms with Crippen LogP contribution in [0.2, 0.25) is 0 Å². The predicted molar refractivity (Wildman–Crippen MR) is 118 cm³/mol. The molecule has 1 aliphatic heterocycles. The lowest BCUT2D eigenvalue weighted by atomic mass is 9.85. The number of anilines is 2. The summed E-state index contributed by atoms with van der Waals surface area (Å²) in [5.41, 5.74) is 9.36. The van der Waals surface area contributed by atoms with Crippen molar-refractivity contribution in [3.05, 3.63) is 121 Å². The molecule has 0 bridgehead atoms. The molecule has 0 fully saturated rings. The summed E-state index contributed by atoms with van der Waals surface area (Å²) < 4.78 is 0. The average Bonchev–Trinajstić information content (AvgIpc) is 2.65. The monoisotopic (exact) mass is 349 g/mol. The number of hydrogen-bond acceptors (Lipinski definition) is 1. The number of allylic oxidation sites excluding steroid dienone is 9. The van der Waals surface area contributed by atoms with Crippen molar-refractivity contribution in [3.63, 3.8) is 0 Å². The first-order chi connectivity index (χ1) is 13.1. The lowest BCUT2D eigenvalue weighted by Crippen LogP contribution is -2.14. The molecule has 4 rings (SSSR count). The fourth-order valence-corrected chi connectivity index (χ4v) is 3.72. The van der Waals surface area contributed by atoms with Crippen LogP contribution in [-0.2, 0) is 6.42 Å². The molecule has 132 valence electrons. The average molecular weight is 349 g/mol. The Morgan fingerprint density at radius 2 is 1.63 bits per heavy atom. The first-order valence-electron chi connectivity index (χ1n) is 9.22. The van der Waals surface area contributed by atoms with Crippen LogP contribution in [-0.4, -0.2) is 0 Å². The van der Waals surface area contributed by atoms with Gasteiger partial charge in [-0.2, -0.15) is 0 Å². The Morgan fingerprint density at radius 1 is 0.852 bits per heavy atom. The molecule has 0 saturated carbocycles. The van der Waals surface area contributed by atoms with Gasteiger partial charge >= 0.3 is 0 Å². The molecule has 1 nitrogen and oxygen atoms in total. The van der Waals surface area contributed by atoms with E-state index >= 15 is 0 Å². The van der Waals surface area contributed by atoms with E-state index in [2.05, 4.69) is 104 Å². The minimum atomic E-state index is 0.890. The molecule has 2 aliphatic rings. The van der Waals surface area contributed by atoms with E-state index < -0.39 is 0 Å². The Balaban J connectivity index is 2.00. The van der Waals surface area contributed by atoms with Gasteiger partial charge in [0.2, 0.25) is 0 Å². The van der Waals surface area contributed by atoms with E-state index in [1.807, 2.05) is 6.07 Å². The van der Waals surface area contributed by atoms with Gasteiger partial charge in [0.05, 0.1) is 5.69 Å². The smallest absolute Gasteiger partial charge is 0.0537 e. The lowest BCUT2D eigenvalue weighted by molar-refractivity contribution is 1.11. The van der Waals surface area contributed by atoms with Gasteiger partial charge in [-0.05, 0) is 59.9 Å². The quantitative estimate of drug-likeness (QED) is 0.536. The number of hydrogen-bond donors (Lipinski definition) is 0. The summed E-state index contributed by atoms with van der Waals surface area (Å²) in [5.74, 6) is 0. The first kappa shape index (κ1) is 17.1. The Morgan fingerprint density at radius 3 is 2.44 bits per heavy atom. The number of para-hydroxylation sites is 1. The normalized spacial score (nSPS) is 21.5. The second-order valence-corrected chi connectivity index (χ2v) is 6.99. The van der Waals surface area contributed by atoms with Crippen molar-refractivity contribution < 1.29 is 0 Å². The number of rotatable bonds is 1. The second-order valence-electron chi connectivity index (χ2n) is 6.99. The molecule has 0 aromatic heterocycles. The molecule has 0 atom stereocenters. The standard InChI is InChI=1S/C26H23N/c1-19-10-9-12-20(2)23-15-16-25-26(24(23)18-19)21(3)11-7-8-17-27(25)22-13-5-4-6-14-22/h4-17H,2-3,18H2,1H3/b11-7-,12-9-,17-8-,19-10-. The van der Waals surface area contributed by atoms with Gasteiger partial charge in [-0.15, -0.1) is 0 Å². The summed E-state index contributed by atoms with van der Waals surface area (Å²) in [4.78, 5) is 2.24. The van der Waals surface area contributed by atoms with Crippen LogP contribution in [0.5, 0.6) is 0 Å². The van der Waals surface area contributed by atoms with E-state index in [-0.39, 0.29) is 0 Å². The zero-order valence-electron chi connectivity index (χ0n) is 15.7. The molecule has 0 amide bonds. The molecule has 0 saturated heterocycles. The van der Waals surface area contributed by atoms with Crippen LogP contribution in [0.1, 0.15) is 23.6 Å². The highest BCUT2D eigenvalue weighted by atomic mass is 15.1. The molecule has 1 heterocycles. The Kier molecular flexibility index (Phi) is 4.52. The molecule has 2 aromatic carbocycles. The van der Waals surface area contributed by atoms with Gasteiger partial charge in [0.1, 0.15) is 0 Å². The van der Waals surface area contributed by atoms with Crippen molar-refractivity contribution in [2.45, 2.75) is 13.3 Å². The van der Waals surface area contributed by atoms with Crippen molar-refractivity contribution in [3.8, 4) is 0 Å².